The molecule has 2 aromatic rings. The van der Waals surface area contributed by atoms with Crippen molar-refractivity contribution in [2.24, 2.45) is 5.92 Å². The first-order valence-corrected chi connectivity index (χ1v) is 8.98. The topological polar surface area (TPSA) is 63.7 Å². The molecule has 0 bridgehead atoms. The van der Waals surface area contributed by atoms with Gasteiger partial charge >= 0.3 is 5.97 Å². The van der Waals surface area contributed by atoms with E-state index in [0.29, 0.717) is 17.5 Å². The molecular weight excluding hydrogens is 342 g/mol. The number of rotatable bonds is 5. The van der Waals surface area contributed by atoms with E-state index in [-0.39, 0.29) is 18.4 Å². The molecule has 0 aliphatic carbocycles. The predicted octanol–water partition coefficient (Wildman–Crippen LogP) is 3.48. The van der Waals surface area contributed by atoms with Gasteiger partial charge in [0.1, 0.15) is 5.60 Å². The molecule has 0 radical (unpaired) electrons. The Balaban J connectivity index is 1.84. The molecule has 5 nitrogen and oxygen atoms in total. The Morgan fingerprint density at radius 3 is 1.96 bits per heavy atom. The summed E-state index contributed by atoms with van der Waals surface area (Å²) in [7, 11) is 0. The summed E-state index contributed by atoms with van der Waals surface area (Å²) < 4.78 is 5.54. The van der Waals surface area contributed by atoms with E-state index in [2.05, 4.69) is 0 Å². The van der Waals surface area contributed by atoms with E-state index in [4.69, 9.17) is 4.74 Å². The van der Waals surface area contributed by atoms with Crippen LogP contribution in [-0.4, -0.2) is 34.8 Å². The van der Waals surface area contributed by atoms with E-state index < -0.39 is 17.5 Å². The molecular formula is C22H23NO4. The monoisotopic (exact) mass is 365 g/mol. The number of benzene rings is 2. The van der Waals surface area contributed by atoms with Gasteiger partial charge in [0.15, 0.2) is 0 Å². The molecule has 27 heavy (non-hydrogen) atoms. The first-order chi connectivity index (χ1) is 12.8. The predicted molar refractivity (Wildman–Crippen MR) is 101 cm³/mol. The van der Waals surface area contributed by atoms with Gasteiger partial charge in [-0.2, -0.15) is 0 Å². The third kappa shape index (κ3) is 4.25. The van der Waals surface area contributed by atoms with Crippen LogP contribution < -0.4 is 0 Å². The summed E-state index contributed by atoms with van der Waals surface area (Å²) in [6, 6.07) is 16.2. The standard InChI is InChI=1S/C22H23NO4/c1-22(2,3)27-21(26)16(13-15-9-5-4-6-10-15)14-23-19(24)17-11-7-8-12-18(17)20(23)25/h4-12,16H,13-14H2,1-3H3. The van der Waals surface area contributed by atoms with Crippen molar-refractivity contribution in [1.29, 1.82) is 0 Å². The van der Waals surface area contributed by atoms with Crippen LogP contribution in [0, 0.1) is 5.92 Å². The van der Waals surface area contributed by atoms with E-state index in [0.717, 1.165) is 10.5 Å². The van der Waals surface area contributed by atoms with E-state index >= 15 is 0 Å². The number of esters is 1. The van der Waals surface area contributed by atoms with Crippen LogP contribution in [0.2, 0.25) is 0 Å². The smallest absolute Gasteiger partial charge is 0.311 e. The second-order valence-corrected chi connectivity index (χ2v) is 7.69. The lowest BCUT2D eigenvalue weighted by atomic mass is 9.98. The van der Waals surface area contributed by atoms with Crippen molar-refractivity contribution < 1.29 is 19.1 Å². The number of hydrogen-bond acceptors (Lipinski definition) is 4. The maximum atomic E-state index is 12.8. The Labute approximate surface area is 158 Å². The Kier molecular flexibility index (Phi) is 5.13. The van der Waals surface area contributed by atoms with Crippen LogP contribution >= 0.6 is 0 Å². The number of ether oxygens (including phenoxy) is 1. The molecule has 140 valence electrons. The number of imide groups is 1. The van der Waals surface area contributed by atoms with Gasteiger partial charge in [-0.1, -0.05) is 42.5 Å². The summed E-state index contributed by atoms with van der Waals surface area (Å²) in [4.78, 5) is 39.2. The molecule has 1 heterocycles. The van der Waals surface area contributed by atoms with Crippen LogP contribution in [0.4, 0.5) is 0 Å². The fourth-order valence-electron chi connectivity index (χ4n) is 3.13. The Hall–Kier alpha value is -2.95. The van der Waals surface area contributed by atoms with Crippen molar-refractivity contribution in [1.82, 2.24) is 4.90 Å². The van der Waals surface area contributed by atoms with Crippen LogP contribution in [0.15, 0.2) is 54.6 Å². The third-order valence-corrected chi connectivity index (χ3v) is 4.35. The molecule has 2 aromatic carbocycles. The summed E-state index contributed by atoms with van der Waals surface area (Å²) in [5.41, 5.74) is 1.06. The summed E-state index contributed by atoms with van der Waals surface area (Å²) in [6.45, 7) is 5.39. The van der Waals surface area contributed by atoms with Gasteiger partial charge in [0.05, 0.1) is 17.0 Å². The zero-order valence-corrected chi connectivity index (χ0v) is 15.8. The van der Waals surface area contributed by atoms with Crippen LogP contribution in [0.5, 0.6) is 0 Å². The molecule has 1 atom stereocenters. The van der Waals surface area contributed by atoms with Crippen LogP contribution in [0.1, 0.15) is 47.1 Å². The lowest BCUT2D eigenvalue weighted by molar-refractivity contribution is -0.160. The maximum absolute atomic E-state index is 12.8. The van der Waals surface area contributed by atoms with Crippen molar-refractivity contribution in [3.8, 4) is 0 Å². The molecule has 0 saturated carbocycles. The molecule has 1 aliphatic rings. The fraction of sp³-hybridized carbons (Fsp3) is 0.318. The number of hydrogen-bond donors (Lipinski definition) is 0. The van der Waals surface area contributed by atoms with Crippen LogP contribution in [-0.2, 0) is 16.0 Å². The van der Waals surface area contributed by atoms with Gasteiger partial charge in [0, 0.05) is 6.54 Å². The van der Waals surface area contributed by atoms with Crippen molar-refractivity contribution >= 4 is 17.8 Å². The van der Waals surface area contributed by atoms with Gasteiger partial charge < -0.3 is 4.74 Å². The first kappa shape index (κ1) is 18.8. The minimum absolute atomic E-state index is 0.00382. The Morgan fingerprint density at radius 1 is 0.926 bits per heavy atom. The molecule has 2 amide bonds. The van der Waals surface area contributed by atoms with E-state index in [1.807, 2.05) is 30.3 Å². The second-order valence-electron chi connectivity index (χ2n) is 7.69. The Bertz CT molecular complexity index is 832. The van der Waals surface area contributed by atoms with Gasteiger partial charge in [-0.25, -0.2) is 0 Å². The van der Waals surface area contributed by atoms with E-state index in [9.17, 15) is 14.4 Å². The highest BCUT2D eigenvalue weighted by atomic mass is 16.6. The van der Waals surface area contributed by atoms with E-state index in [1.165, 1.54) is 0 Å². The van der Waals surface area contributed by atoms with Crippen molar-refractivity contribution in [3.63, 3.8) is 0 Å². The zero-order valence-electron chi connectivity index (χ0n) is 15.8. The average Bonchev–Trinajstić information content (AvgIpc) is 2.86. The quantitative estimate of drug-likeness (QED) is 0.601. The highest BCUT2D eigenvalue weighted by Crippen LogP contribution is 2.25. The normalized spacial score (nSPS) is 14.9. The second kappa shape index (κ2) is 7.35. The van der Waals surface area contributed by atoms with Gasteiger partial charge in [0.25, 0.3) is 11.8 Å². The third-order valence-electron chi connectivity index (χ3n) is 4.35. The minimum Gasteiger partial charge on any atom is -0.460 e. The van der Waals surface area contributed by atoms with Crippen molar-refractivity contribution in [3.05, 3.63) is 71.3 Å². The number of nitrogens with zero attached hydrogens (tertiary/aromatic N) is 1. The Morgan fingerprint density at radius 2 is 1.44 bits per heavy atom. The molecule has 1 unspecified atom stereocenters. The van der Waals surface area contributed by atoms with E-state index in [1.54, 1.807) is 45.0 Å². The molecule has 3 rings (SSSR count). The molecule has 0 aromatic heterocycles. The average molecular weight is 365 g/mol. The van der Waals surface area contributed by atoms with Gasteiger partial charge in [-0.3, -0.25) is 19.3 Å². The lowest BCUT2D eigenvalue weighted by Gasteiger charge is -2.26. The number of fused-ring (bicyclic) bond motifs is 1. The molecule has 5 heteroatoms. The van der Waals surface area contributed by atoms with Crippen LogP contribution in [0.3, 0.4) is 0 Å². The largest absolute Gasteiger partial charge is 0.460 e. The highest BCUT2D eigenvalue weighted by molar-refractivity contribution is 6.21. The lowest BCUT2D eigenvalue weighted by Crippen LogP contribution is -2.40. The molecule has 0 fully saturated rings. The first-order valence-electron chi connectivity index (χ1n) is 8.98. The number of carbonyl (C=O) groups is 3. The molecule has 1 aliphatic heterocycles. The van der Waals surface area contributed by atoms with Gasteiger partial charge in [-0.15, -0.1) is 0 Å². The molecule has 0 saturated heterocycles. The molecule has 0 spiro atoms. The van der Waals surface area contributed by atoms with Crippen molar-refractivity contribution in [2.75, 3.05) is 6.54 Å². The zero-order chi connectivity index (χ0) is 19.6. The number of carbonyl (C=O) groups excluding carboxylic acids is 3. The summed E-state index contributed by atoms with van der Waals surface area (Å²) >= 11 is 0. The molecule has 0 N–H and O–H groups in total. The van der Waals surface area contributed by atoms with Crippen molar-refractivity contribution in [2.45, 2.75) is 32.8 Å². The minimum atomic E-state index is -0.645. The fourth-order valence-corrected chi connectivity index (χ4v) is 3.13. The van der Waals surface area contributed by atoms with Gasteiger partial charge in [-0.05, 0) is 44.9 Å². The highest BCUT2D eigenvalue weighted by Gasteiger charge is 2.38. The number of amides is 2. The summed E-state index contributed by atoms with van der Waals surface area (Å²) in [5.74, 6) is -1.77. The maximum Gasteiger partial charge on any atom is 0.311 e. The summed E-state index contributed by atoms with van der Waals surface area (Å²) in [6.07, 6.45) is 0.392. The SMILES string of the molecule is CC(C)(C)OC(=O)C(Cc1ccccc1)CN1C(=O)c2ccccc2C1=O. The van der Waals surface area contributed by atoms with Gasteiger partial charge in [0.2, 0.25) is 0 Å². The summed E-state index contributed by atoms with van der Waals surface area (Å²) in [5, 5.41) is 0. The van der Waals surface area contributed by atoms with Crippen LogP contribution in [0.25, 0.3) is 0 Å².